The molecule has 2 heterocycles. The molecule has 154 valence electrons. The summed E-state index contributed by atoms with van der Waals surface area (Å²) in [5.41, 5.74) is 1.80. The van der Waals surface area contributed by atoms with E-state index in [0.717, 1.165) is 15.2 Å². The van der Waals surface area contributed by atoms with Crippen LogP contribution in [0.25, 0.3) is 15.9 Å². The van der Waals surface area contributed by atoms with E-state index in [0.29, 0.717) is 12.1 Å². The average Bonchev–Trinajstić information content (AvgIpc) is 3.40. The second kappa shape index (κ2) is 9.19. The standard InChI is InChI=1S/C22H17N5O3S/c23-12-15-13-24-27(16-6-2-1-3-7-16)22(15)26-19(28)14-30-21(29)11-10-20-25-17-8-4-5-9-18(17)31-20/h1-9,13H,10-11,14H2,(H,26,28). The Balaban J connectivity index is 1.32. The number of nitriles is 1. The third-order valence-corrected chi connectivity index (χ3v) is 5.49. The number of para-hydroxylation sites is 2. The number of hydrogen-bond acceptors (Lipinski definition) is 7. The third kappa shape index (κ3) is 4.76. The molecule has 0 fully saturated rings. The van der Waals surface area contributed by atoms with Gasteiger partial charge in [0.15, 0.2) is 12.4 Å². The molecule has 0 saturated heterocycles. The summed E-state index contributed by atoms with van der Waals surface area (Å²) in [5.74, 6) is -0.821. The van der Waals surface area contributed by atoms with Crippen LogP contribution >= 0.6 is 11.3 Å². The first-order chi connectivity index (χ1) is 15.1. The summed E-state index contributed by atoms with van der Waals surface area (Å²) in [6, 6.07) is 18.8. The van der Waals surface area contributed by atoms with Crippen molar-refractivity contribution in [2.24, 2.45) is 0 Å². The number of benzene rings is 2. The van der Waals surface area contributed by atoms with E-state index < -0.39 is 18.5 Å². The van der Waals surface area contributed by atoms with E-state index in [9.17, 15) is 14.9 Å². The van der Waals surface area contributed by atoms with Crippen LogP contribution in [0, 0.1) is 11.3 Å². The van der Waals surface area contributed by atoms with E-state index in [2.05, 4.69) is 15.4 Å². The smallest absolute Gasteiger partial charge is 0.306 e. The number of aromatic nitrogens is 3. The molecule has 2 aromatic heterocycles. The molecule has 4 aromatic rings. The normalized spacial score (nSPS) is 10.5. The van der Waals surface area contributed by atoms with Gasteiger partial charge < -0.3 is 10.1 Å². The first-order valence-electron chi connectivity index (χ1n) is 9.47. The van der Waals surface area contributed by atoms with E-state index in [1.165, 1.54) is 22.2 Å². The fraction of sp³-hybridized carbons (Fsp3) is 0.136. The predicted octanol–water partition coefficient (Wildman–Crippen LogP) is 3.47. The zero-order valence-corrected chi connectivity index (χ0v) is 17.1. The number of ether oxygens (including phenoxy) is 1. The van der Waals surface area contributed by atoms with Gasteiger partial charge in [0, 0.05) is 6.42 Å². The van der Waals surface area contributed by atoms with Crippen LogP contribution in [-0.2, 0) is 20.7 Å². The van der Waals surface area contributed by atoms with Crippen molar-refractivity contribution in [1.82, 2.24) is 14.8 Å². The second-order valence-corrected chi connectivity index (χ2v) is 7.67. The average molecular weight is 431 g/mol. The number of aryl methyl sites for hydroxylation is 1. The van der Waals surface area contributed by atoms with Crippen LogP contribution < -0.4 is 5.32 Å². The largest absolute Gasteiger partial charge is 0.456 e. The van der Waals surface area contributed by atoms with Crippen molar-refractivity contribution in [3.8, 4) is 11.8 Å². The van der Waals surface area contributed by atoms with Crippen LogP contribution in [0.15, 0.2) is 60.8 Å². The molecule has 4 rings (SSSR count). The van der Waals surface area contributed by atoms with Crippen LogP contribution in [0.5, 0.6) is 0 Å². The third-order valence-electron chi connectivity index (χ3n) is 4.39. The maximum atomic E-state index is 12.3. The number of rotatable bonds is 7. The zero-order chi connectivity index (χ0) is 21.6. The lowest BCUT2D eigenvalue weighted by atomic mass is 10.3. The highest BCUT2D eigenvalue weighted by Gasteiger charge is 2.16. The second-order valence-electron chi connectivity index (χ2n) is 6.55. The van der Waals surface area contributed by atoms with E-state index >= 15 is 0 Å². The van der Waals surface area contributed by atoms with Crippen LogP contribution in [0.4, 0.5) is 5.82 Å². The Morgan fingerprint density at radius 2 is 1.90 bits per heavy atom. The maximum Gasteiger partial charge on any atom is 0.306 e. The van der Waals surface area contributed by atoms with Crippen molar-refractivity contribution in [3.63, 3.8) is 0 Å². The van der Waals surface area contributed by atoms with Gasteiger partial charge in [0.2, 0.25) is 0 Å². The van der Waals surface area contributed by atoms with E-state index in [4.69, 9.17) is 4.74 Å². The summed E-state index contributed by atoms with van der Waals surface area (Å²) in [5, 5.41) is 16.9. The van der Waals surface area contributed by atoms with Crippen LogP contribution in [0.3, 0.4) is 0 Å². The van der Waals surface area contributed by atoms with Gasteiger partial charge in [0.1, 0.15) is 11.6 Å². The highest BCUT2D eigenvalue weighted by Crippen LogP contribution is 2.22. The van der Waals surface area contributed by atoms with Crippen molar-refractivity contribution in [1.29, 1.82) is 5.26 Å². The van der Waals surface area contributed by atoms with Gasteiger partial charge in [0.05, 0.1) is 33.5 Å². The molecule has 0 bridgehead atoms. The van der Waals surface area contributed by atoms with Gasteiger partial charge in [-0.05, 0) is 24.3 Å². The molecular weight excluding hydrogens is 414 g/mol. The van der Waals surface area contributed by atoms with Crippen LogP contribution in [0.1, 0.15) is 17.0 Å². The first-order valence-corrected chi connectivity index (χ1v) is 10.3. The number of esters is 1. The fourth-order valence-corrected chi connectivity index (χ4v) is 3.90. The molecule has 0 atom stereocenters. The van der Waals surface area contributed by atoms with Gasteiger partial charge in [-0.1, -0.05) is 30.3 Å². The van der Waals surface area contributed by atoms with Crippen molar-refractivity contribution in [2.45, 2.75) is 12.8 Å². The summed E-state index contributed by atoms with van der Waals surface area (Å²) in [7, 11) is 0. The molecule has 31 heavy (non-hydrogen) atoms. The Morgan fingerprint density at radius 1 is 1.13 bits per heavy atom. The molecule has 0 saturated carbocycles. The molecule has 0 aliphatic rings. The number of anilines is 1. The molecule has 2 aromatic carbocycles. The number of amides is 1. The minimum absolute atomic E-state index is 0.124. The van der Waals surface area contributed by atoms with Crippen LogP contribution in [0.2, 0.25) is 0 Å². The highest BCUT2D eigenvalue weighted by atomic mass is 32.1. The molecule has 0 radical (unpaired) electrons. The van der Waals surface area contributed by atoms with Crippen LogP contribution in [-0.4, -0.2) is 33.2 Å². The molecule has 1 amide bonds. The number of fused-ring (bicyclic) bond motifs is 1. The first kappa shape index (κ1) is 20.3. The Kier molecular flexibility index (Phi) is 6.01. The number of carbonyl (C=O) groups is 2. The minimum Gasteiger partial charge on any atom is -0.456 e. The fourth-order valence-electron chi connectivity index (χ4n) is 2.94. The molecule has 0 aliphatic carbocycles. The quantitative estimate of drug-likeness (QED) is 0.449. The summed E-state index contributed by atoms with van der Waals surface area (Å²) < 4.78 is 7.59. The SMILES string of the molecule is N#Cc1cnn(-c2ccccc2)c1NC(=O)COC(=O)CCc1nc2ccccc2s1. The van der Waals surface area contributed by atoms with E-state index in [-0.39, 0.29) is 17.8 Å². The number of carbonyl (C=O) groups excluding carboxylic acids is 2. The van der Waals surface area contributed by atoms with E-state index in [1.807, 2.05) is 48.5 Å². The van der Waals surface area contributed by atoms with Crippen molar-refractivity contribution in [3.05, 3.63) is 71.4 Å². The summed E-state index contributed by atoms with van der Waals surface area (Å²) in [6.45, 7) is -0.455. The number of hydrogen-bond donors (Lipinski definition) is 1. The lowest BCUT2D eigenvalue weighted by molar-refractivity contribution is -0.147. The van der Waals surface area contributed by atoms with Gasteiger partial charge in [0.25, 0.3) is 5.91 Å². The van der Waals surface area contributed by atoms with Gasteiger partial charge in [-0.2, -0.15) is 10.4 Å². The predicted molar refractivity (Wildman–Crippen MR) is 116 cm³/mol. The number of nitrogens with zero attached hydrogens (tertiary/aromatic N) is 4. The Labute approximate surface area is 181 Å². The molecule has 1 N–H and O–H groups in total. The summed E-state index contributed by atoms with van der Waals surface area (Å²) in [6.07, 6.45) is 1.93. The molecule has 8 nitrogen and oxygen atoms in total. The topological polar surface area (TPSA) is 110 Å². The molecule has 0 spiro atoms. The molecule has 9 heteroatoms. The lowest BCUT2D eigenvalue weighted by Gasteiger charge is -2.10. The van der Waals surface area contributed by atoms with Gasteiger partial charge in [-0.25, -0.2) is 9.67 Å². The lowest BCUT2D eigenvalue weighted by Crippen LogP contribution is -2.23. The Hall–Kier alpha value is -4.03. The van der Waals surface area contributed by atoms with Crippen molar-refractivity contribution in [2.75, 3.05) is 11.9 Å². The minimum atomic E-state index is -0.553. The monoisotopic (exact) mass is 431 g/mol. The van der Waals surface area contributed by atoms with Gasteiger partial charge >= 0.3 is 5.97 Å². The highest BCUT2D eigenvalue weighted by molar-refractivity contribution is 7.18. The van der Waals surface area contributed by atoms with Crippen molar-refractivity contribution >= 4 is 39.2 Å². The molecule has 0 aliphatic heterocycles. The molecular formula is C22H17N5O3S. The van der Waals surface area contributed by atoms with Gasteiger partial charge in [-0.15, -0.1) is 11.3 Å². The Morgan fingerprint density at radius 3 is 2.68 bits per heavy atom. The number of thiazole rings is 1. The molecule has 0 unspecified atom stereocenters. The summed E-state index contributed by atoms with van der Waals surface area (Å²) >= 11 is 1.53. The Bertz CT molecular complexity index is 1240. The number of nitrogens with one attached hydrogen (secondary N) is 1. The summed E-state index contributed by atoms with van der Waals surface area (Å²) in [4.78, 5) is 28.8. The van der Waals surface area contributed by atoms with Crippen molar-refractivity contribution < 1.29 is 14.3 Å². The van der Waals surface area contributed by atoms with E-state index in [1.54, 1.807) is 12.1 Å². The maximum absolute atomic E-state index is 12.3. The van der Waals surface area contributed by atoms with Gasteiger partial charge in [-0.3, -0.25) is 9.59 Å². The zero-order valence-electron chi connectivity index (χ0n) is 16.3.